The lowest BCUT2D eigenvalue weighted by Gasteiger charge is -2.06. The van der Waals surface area contributed by atoms with E-state index in [0.29, 0.717) is 46.6 Å². The lowest BCUT2D eigenvalue weighted by Crippen LogP contribution is -2.35. The molecule has 3 rings (SSSR count). The van der Waals surface area contributed by atoms with Crippen molar-refractivity contribution in [1.29, 1.82) is 0 Å². The fourth-order valence-corrected chi connectivity index (χ4v) is 2.84. The molecule has 3 aromatic rings. The van der Waals surface area contributed by atoms with Crippen molar-refractivity contribution in [3.63, 3.8) is 0 Å². The summed E-state index contributed by atoms with van der Waals surface area (Å²) in [6.07, 6.45) is 0.0897. The van der Waals surface area contributed by atoms with E-state index in [1.54, 1.807) is 37.3 Å². The van der Waals surface area contributed by atoms with Gasteiger partial charge in [0.05, 0.1) is 22.7 Å². The van der Waals surface area contributed by atoms with Crippen LogP contribution in [0.5, 0.6) is 0 Å². The van der Waals surface area contributed by atoms with E-state index in [4.69, 9.17) is 16.0 Å². The summed E-state index contributed by atoms with van der Waals surface area (Å²) >= 11 is 6.17. The molecule has 0 bridgehead atoms. The van der Waals surface area contributed by atoms with Gasteiger partial charge in [-0.25, -0.2) is 4.98 Å². The van der Waals surface area contributed by atoms with Crippen LogP contribution < -0.4 is 10.6 Å². The first-order chi connectivity index (χ1) is 13.5. The molecule has 0 unspecified atom stereocenters. The number of hydrogen-bond donors (Lipinski definition) is 2. The maximum atomic E-state index is 12.2. The zero-order valence-corrected chi connectivity index (χ0v) is 16.1. The van der Waals surface area contributed by atoms with Crippen molar-refractivity contribution in [3.8, 4) is 11.5 Å². The van der Waals surface area contributed by atoms with Crippen molar-refractivity contribution in [2.75, 3.05) is 13.1 Å². The van der Waals surface area contributed by atoms with Gasteiger partial charge in [-0.05, 0) is 31.2 Å². The van der Waals surface area contributed by atoms with E-state index in [9.17, 15) is 9.59 Å². The fourth-order valence-electron chi connectivity index (χ4n) is 2.63. The number of oxazole rings is 1. The minimum atomic E-state index is -0.198. The molecule has 1 aromatic heterocycles. The number of benzene rings is 2. The highest BCUT2D eigenvalue weighted by Crippen LogP contribution is 2.28. The molecule has 2 N–H and O–H groups in total. The molecule has 7 heteroatoms. The van der Waals surface area contributed by atoms with Crippen LogP contribution in [0.1, 0.15) is 21.8 Å². The summed E-state index contributed by atoms with van der Waals surface area (Å²) in [4.78, 5) is 28.5. The van der Waals surface area contributed by atoms with Crippen molar-refractivity contribution >= 4 is 23.4 Å². The quantitative estimate of drug-likeness (QED) is 0.598. The topological polar surface area (TPSA) is 84.2 Å². The number of carbonyl (C=O) groups excluding carboxylic acids is 2. The van der Waals surface area contributed by atoms with Gasteiger partial charge in [0.2, 0.25) is 11.8 Å². The third-order valence-corrected chi connectivity index (χ3v) is 4.42. The van der Waals surface area contributed by atoms with Crippen LogP contribution in [0, 0.1) is 6.92 Å². The Labute approximate surface area is 167 Å². The van der Waals surface area contributed by atoms with E-state index < -0.39 is 0 Å². The molecule has 0 atom stereocenters. The molecule has 0 saturated heterocycles. The summed E-state index contributed by atoms with van der Waals surface area (Å²) in [5, 5.41) is 6.06. The molecule has 144 valence electrons. The number of hydrogen-bond acceptors (Lipinski definition) is 4. The number of aryl methyl sites for hydroxylation is 1. The third kappa shape index (κ3) is 4.98. The number of amides is 2. The first-order valence-electron chi connectivity index (χ1n) is 8.85. The highest BCUT2D eigenvalue weighted by atomic mass is 35.5. The van der Waals surface area contributed by atoms with Crippen LogP contribution in [0.15, 0.2) is 59.0 Å². The lowest BCUT2D eigenvalue weighted by molar-refractivity contribution is -0.120. The van der Waals surface area contributed by atoms with Gasteiger partial charge in [-0.3, -0.25) is 9.59 Å². The first-order valence-corrected chi connectivity index (χ1v) is 9.23. The van der Waals surface area contributed by atoms with Gasteiger partial charge in [0.25, 0.3) is 5.91 Å². The Morgan fingerprint density at radius 1 is 1.00 bits per heavy atom. The van der Waals surface area contributed by atoms with Gasteiger partial charge in [0, 0.05) is 18.7 Å². The molecule has 0 saturated carbocycles. The van der Waals surface area contributed by atoms with E-state index in [0.717, 1.165) is 0 Å². The second kappa shape index (κ2) is 9.19. The summed E-state index contributed by atoms with van der Waals surface area (Å²) in [6.45, 7) is 2.42. The summed E-state index contributed by atoms with van der Waals surface area (Å²) < 4.78 is 5.66. The van der Waals surface area contributed by atoms with E-state index in [-0.39, 0.29) is 18.2 Å². The predicted octanol–water partition coefficient (Wildman–Crippen LogP) is 3.39. The minimum absolute atomic E-state index is 0.0897. The Hall–Kier alpha value is -3.12. The molecule has 0 aliphatic rings. The van der Waals surface area contributed by atoms with Gasteiger partial charge in [0.15, 0.2) is 0 Å². The van der Waals surface area contributed by atoms with Crippen molar-refractivity contribution in [3.05, 3.63) is 76.6 Å². The normalized spacial score (nSPS) is 10.5. The van der Waals surface area contributed by atoms with Crippen molar-refractivity contribution < 1.29 is 14.0 Å². The fraction of sp³-hybridized carbons (Fsp3) is 0.190. The van der Waals surface area contributed by atoms with Gasteiger partial charge in [-0.15, -0.1) is 0 Å². The van der Waals surface area contributed by atoms with Gasteiger partial charge in [0.1, 0.15) is 5.76 Å². The van der Waals surface area contributed by atoms with Crippen molar-refractivity contribution in [1.82, 2.24) is 15.6 Å². The van der Waals surface area contributed by atoms with E-state index >= 15 is 0 Å². The second-order valence-electron chi connectivity index (χ2n) is 6.15. The number of halogens is 1. The third-order valence-electron chi connectivity index (χ3n) is 4.09. The van der Waals surface area contributed by atoms with Crippen molar-refractivity contribution in [2.24, 2.45) is 0 Å². The molecule has 0 aliphatic heterocycles. The number of nitrogens with zero attached hydrogens (tertiary/aromatic N) is 1. The molecule has 2 aromatic carbocycles. The first kappa shape index (κ1) is 19.6. The SMILES string of the molecule is Cc1oc(-c2ccccc2Cl)nc1CC(=O)NCCNC(=O)c1ccccc1. The molecular weight excluding hydrogens is 378 g/mol. The van der Waals surface area contributed by atoms with Crippen LogP contribution in [0.3, 0.4) is 0 Å². The maximum Gasteiger partial charge on any atom is 0.251 e. The number of nitrogens with one attached hydrogen (secondary N) is 2. The predicted molar refractivity (Wildman–Crippen MR) is 107 cm³/mol. The Morgan fingerprint density at radius 2 is 1.68 bits per heavy atom. The summed E-state index contributed by atoms with van der Waals surface area (Å²) in [6, 6.07) is 16.2. The number of rotatable bonds is 7. The molecule has 0 radical (unpaired) electrons. The maximum absolute atomic E-state index is 12.2. The average molecular weight is 398 g/mol. The Morgan fingerprint density at radius 3 is 2.43 bits per heavy atom. The smallest absolute Gasteiger partial charge is 0.251 e. The largest absolute Gasteiger partial charge is 0.441 e. The van der Waals surface area contributed by atoms with Gasteiger partial charge in [-0.2, -0.15) is 0 Å². The van der Waals surface area contributed by atoms with E-state index in [2.05, 4.69) is 15.6 Å². The number of aromatic nitrogens is 1. The van der Waals surface area contributed by atoms with Crippen LogP contribution in [-0.4, -0.2) is 29.9 Å². The highest BCUT2D eigenvalue weighted by Gasteiger charge is 2.16. The lowest BCUT2D eigenvalue weighted by atomic mass is 10.2. The monoisotopic (exact) mass is 397 g/mol. The van der Waals surface area contributed by atoms with Gasteiger partial charge < -0.3 is 15.1 Å². The molecule has 0 fully saturated rings. The van der Waals surface area contributed by atoms with Crippen LogP contribution in [0.4, 0.5) is 0 Å². The zero-order valence-electron chi connectivity index (χ0n) is 15.4. The molecule has 0 aliphatic carbocycles. The summed E-state index contributed by atoms with van der Waals surface area (Å²) in [7, 11) is 0. The minimum Gasteiger partial charge on any atom is -0.441 e. The molecule has 0 spiro atoms. The Balaban J connectivity index is 1.49. The van der Waals surface area contributed by atoms with Crippen LogP contribution >= 0.6 is 11.6 Å². The van der Waals surface area contributed by atoms with Gasteiger partial charge >= 0.3 is 0 Å². The number of carbonyl (C=O) groups is 2. The standard InChI is InChI=1S/C21H20ClN3O3/c1-14-18(25-21(28-14)16-9-5-6-10-17(16)22)13-19(26)23-11-12-24-20(27)15-7-3-2-4-8-15/h2-10H,11-13H2,1H3,(H,23,26)(H,24,27). The van der Waals surface area contributed by atoms with Crippen LogP contribution in [0.2, 0.25) is 5.02 Å². The van der Waals surface area contributed by atoms with Crippen molar-refractivity contribution in [2.45, 2.75) is 13.3 Å². The average Bonchev–Trinajstić information content (AvgIpc) is 3.06. The van der Waals surface area contributed by atoms with E-state index in [1.165, 1.54) is 0 Å². The van der Waals surface area contributed by atoms with Crippen LogP contribution in [0.25, 0.3) is 11.5 Å². The Kier molecular flexibility index (Phi) is 6.45. The second-order valence-corrected chi connectivity index (χ2v) is 6.56. The van der Waals surface area contributed by atoms with E-state index in [1.807, 2.05) is 24.3 Å². The van der Waals surface area contributed by atoms with Gasteiger partial charge in [-0.1, -0.05) is 41.9 Å². The Bertz CT molecular complexity index is 970. The summed E-state index contributed by atoms with van der Waals surface area (Å²) in [5.74, 6) is 0.589. The molecular formula is C21H20ClN3O3. The highest BCUT2D eigenvalue weighted by molar-refractivity contribution is 6.33. The molecule has 1 heterocycles. The summed E-state index contributed by atoms with van der Waals surface area (Å²) in [5.41, 5.74) is 1.82. The van der Waals surface area contributed by atoms with Crippen LogP contribution in [-0.2, 0) is 11.2 Å². The molecule has 2 amide bonds. The molecule has 28 heavy (non-hydrogen) atoms. The zero-order chi connectivity index (χ0) is 19.9. The molecule has 6 nitrogen and oxygen atoms in total.